The first-order chi connectivity index (χ1) is 11.5. The summed E-state index contributed by atoms with van der Waals surface area (Å²) < 4.78 is 0. The number of amides is 1. The van der Waals surface area contributed by atoms with E-state index in [9.17, 15) is 9.59 Å². The summed E-state index contributed by atoms with van der Waals surface area (Å²) in [6, 6.07) is 4.48. The highest BCUT2D eigenvalue weighted by atomic mass is 35.5. The van der Waals surface area contributed by atoms with Crippen molar-refractivity contribution in [2.75, 3.05) is 33.2 Å². The van der Waals surface area contributed by atoms with Gasteiger partial charge < -0.3 is 10.4 Å². The number of piperidine rings is 1. The molecule has 1 aliphatic rings. The molecule has 6 nitrogen and oxygen atoms in total. The smallest absolute Gasteiger partial charge is 0.317 e. The molecule has 2 rings (SSSR count). The summed E-state index contributed by atoms with van der Waals surface area (Å²) in [5, 5.41) is 11.8. The lowest BCUT2D eigenvalue weighted by Gasteiger charge is -2.35. The van der Waals surface area contributed by atoms with Gasteiger partial charge in [0.2, 0.25) is 5.91 Å². The lowest BCUT2D eigenvalue weighted by Crippen LogP contribution is -2.47. The molecule has 142 valence electrons. The largest absolute Gasteiger partial charge is 0.480 e. The first-order valence-corrected chi connectivity index (χ1v) is 9.28. The second-order valence-electron chi connectivity index (χ2n) is 6.31. The van der Waals surface area contributed by atoms with Crippen molar-refractivity contribution in [3.63, 3.8) is 0 Å². The zero-order valence-corrected chi connectivity index (χ0v) is 16.5. The molecule has 0 atom stereocenters. The van der Waals surface area contributed by atoms with E-state index in [4.69, 9.17) is 5.11 Å². The summed E-state index contributed by atoms with van der Waals surface area (Å²) in [5.74, 6) is -0.738. The summed E-state index contributed by atoms with van der Waals surface area (Å²) in [7, 11) is 1.85. The van der Waals surface area contributed by atoms with Gasteiger partial charge in [-0.2, -0.15) is 0 Å². The predicted molar refractivity (Wildman–Crippen MR) is 103 cm³/mol. The number of likely N-dealkylation sites (N-methyl/N-ethyl adjacent to an activating group) is 1. The second-order valence-corrected chi connectivity index (χ2v) is 7.57. The van der Waals surface area contributed by atoms with Crippen LogP contribution in [0.4, 0.5) is 0 Å². The molecule has 1 fully saturated rings. The topological polar surface area (TPSA) is 72.9 Å². The molecular weight excluding hydrogens is 362 g/mol. The number of hydrogen-bond donors (Lipinski definition) is 2. The third-order valence-corrected chi connectivity index (χ3v) is 5.69. The number of carboxylic acids is 1. The van der Waals surface area contributed by atoms with Crippen LogP contribution in [-0.4, -0.2) is 66.1 Å². The van der Waals surface area contributed by atoms with Gasteiger partial charge in [-0.15, -0.1) is 23.7 Å². The Labute approximate surface area is 159 Å². The van der Waals surface area contributed by atoms with Gasteiger partial charge in [0.15, 0.2) is 0 Å². The normalized spacial score (nSPS) is 15.8. The fraction of sp³-hybridized carbons (Fsp3) is 0.647. The van der Waals surface area contributed by atoms with Gasteiger partial charge in [-0.3, -0.25) is 19.4 Å². The fourth-order valence-corrected chi connectivity index (χ4v) is 3.91. The number of carbonyl (C=O) groups is 2. The van der Waals surface area contributed by atoms with E-state index >= 15 is 0 Å². The first-order valence-electron chi connectivity index (χ1n) is 8.46. The molecule has 0 spiro atoms. The molecule has 0 saturated carbocycles. The molecule has 0 bridgehead atoms. The summed E-state index contributed by atoms with van der Waals surface area (Å²) >= 11 is 1.75. The molecule has 1 aromatic heterocycles. The van der Waals surface area contributed by atoms with Crippen LogP contribution in [0.3, 0.4) is 0 Å². The van der Waals surface area contributed by atoms with Gasteiger partial charge in [-0.1, -0.05) is 6.92 Å². The van der Waals surface area contributed by atoms with Crippen molar-refractivity contribution in [2.24, 2.45) is 0 Å². The van der Waals surface area contributed by atoms with Crippen LogP contribution >= 0.6 is 23.7 Å². The molecule has 1 saturated heterocycles. The SMILES string of the molecule is CCc1ccc(CNC(=O)CN2CCC(N(C)CC(=O)O)CC2)s1.Cl. The zero-order valence-electron chi connectivity index (χ0n) is 14.9. The van der Waals surface area contributed by atoms with Crippen molar-refractivity contribution in [1.82, 2.24) is 15.1 Å². The minimum absolute atomic E-state index is 0. The molecule has 2 heterocycles. The average Bonchev–Trinajstić information content (AvgIpc) is 3.01. The number of thiophene rings is 1. The van der Waals surface area contributed by atoms with Crippen LogP contribution < -0.4 is 5.32 Å². The quantitative estimate of drug-likeness (QED) is 0.709. The van der Waals surface area contributed by atoms with E-state index in [0.717, 1.165) is 32.4 Å². The Morgan fingerprint density at radius 2 is 1.96 bits per heavy atom. The van der Waals surface area contributed by atoms with Crippen molar-refractivity contribution in [2.45, 2.75) is 38.8 Å². The highest BCUT2D eigenvalue weighted by molar-refractivity contribution is 7.11. The second kappa shape index (κ2) is 10.8. The summed E-state index contributed by atoms with van der Waals surface area (Å²) in [6.07, 6.45) is 2.84. The monoisotopic (exact) mass is 389 g/mol. The lowest BCUT2D eigenvalue weighted by molar-refractivity contribution is -0.138. The average molecular weight is 390 g/mol. The maximum atomic E-state index is 12.1. The van der Waals surface area contributed by atoms with Crippen LogP contribution in [0, 0.1) is 0 Å². The van der Waals surface area contributed by atoms with Gasteiger partial charge in [0, 0.05) is 28.9 Å². The maximum absolute atomic E-state index is 12.1. The summed E-state index contributed by atoms with van der Waals surface area (Å²) in [5.41, 5.74) is 0. The molecule has 0 aromatic carbocycles. The van der Waals surface area contributed by atoms with Gasteiger partial charge in [0.1, 0.15) is 0 Å². The van der Waals surface area contributed by atoms with Gasteiger partial charge >= 0.3 is 5.97 Å². The standard InChI is InChI=1S/C17H27N3O3S.ClH/c1-3-14-4-5-15(24-14)10-18-16(21)11-20-8-6-13(7-9-20)19(2)12-17(22)23;/h4-5,13H,3,6-12H2,1-2H3,(H,18,21)(H,22,23);1H. The lowest BCUT2D eigenvalue weighted by atomic mass is 10.0. The number of nitrogens with zero attached hydrogens (tertiary/aromatic N) is 2. The van der Waals surface area contributed by atoms with Gasteiger partial charge in [0.05, 0.1) is 19.6 Å². The van der Waals surface area contributed by atoms with E-state index in [1.165, 1.54) is 9.75 Å². The number of carboxylic acid groups (broad SMARTS) is 1. The van der Waals surface area contributed by atoms with Gasteiger partial charge in [0.25, 0.3) is 0 Å². The van der Waals surface area contributed by atoms with Crippen LogP contribution in [0.1, 0.15) is 29.5 Å². The number of nitrogens with one attached hydrogen (secondary N) is 1. The molecule has 8 heteroatoms. The van der Waals surface area contributed by atoms with E-state index in [2.05, 4.69) is 29.3 Å². The van der Waals surface area contributed by atoms with Crippen LogP contribution in [0.5, 0.6) is 0 Å². The molecule has 0 unspecified atom stereocenters. The minimum Gasteiger partial charge on any atom is -0.480 e. The highest BCUT2D eigenvalue weighted by Gasteiger charge is 2.24. The number of halogens is 1. The molecule has 25 heavy (non-hydrogen) atoms. The Morgan fingerprint density at radius 3 is 2.52 bits per heavy atom. The Bertz CT molecular complexity index is 559. The van der Waals surface area contributed by atoms with Gasteiger partial charge in [-0.05, 0) is 38.4 Å². The molecule has 0 aliphatic carbocycles. The van der Waals surface area contributed by atoms with Crippen molar-refractivity contribution < 1.29 is 14.7 Å². The zero-order chi connectivity index (χ0) is 17.5. The van der Waals surface area contributed by atoms with Crippen molar-refractivity contribution in [1.29, 1.82) is 0 Å². The number of carbonyl (C=O) groups excluding carboxylic acids is 1. The van der Waals surface area contributed by atoms with E-state index in [1.807, 2.05) is 11.9 Å². The molecule has 1 aromatic rings. The van der Waals surface area contributed by atoms with E-state index < -0.39 is 5.97 Å². The fourth-order valence-electron chi connectivity index (χ4n) is 3.01. The summed E-state index contributed by atoms with van der Waals surface area (Å²) in [4.78, 5) is 29.4. The Hall–Kier alpha value is -1.15. The minimum atomic E-state index is -0.792. The molecule has 0 radical (unpaired) electrons. The van der Waals surface area contributed by atoms with Crippen molar-refractivity contribution in [3.05, 3.63) is 21.9 Å². The molecular formula is C17H28ClN3O3S. The number of aryl methyl sites for hydroxylation is 1. The molecule has 1 aliphatic heterocycles. The number of aliphatic carboxylic acids is 1. The predicted octanol–water partition coefficient (Wildman–Crippen LogP) is 1.83. The van der Waals surface area contributed by atoms with Crippen LogP contribution in [0.25, 0.3) is 0 Å². The van der Waals surface area contributed by atoms with E-state index in [0.29, 0.717) is 19.1 Å². The summed E-state index contributed by atoms with van der Waals surface area (Å²) in [6.45, 7) is 4.89. The van der Waals surface area contributed by atoms with Crippen LogP contribution in [0.2, 0.25) is 0 Å². The van der Waals surface area contributed by atoms with Crippen LogP contribution in [0.15, 0.2) is 12.1 Å². The number of hydrogen-bond acceptors (Lipinski definition) is 5. The molecule has 2 N–H and O–H groups in total. The Balaban J connectivity index is 0.00000312. The first kappa shape index (κ1) is 21.9. The van der Waals surface area contributed by atoms with E-state index in [1.54, 1.807) is 11.3 Å². The Kier molecular flexibility index (Phi) is 9.42. The maximum Gasteiger partial charge on any atom is 0.317 e. The highest BCUT2D eigenvalue weighted by Crippen LogP contribution is 2.17. The van der Waals surface area contributed by atoms with Crippen molar-refractivity contribution in [3.8, 4) is 0 Å². The van der Waals surface area contributed by atoms with Crippen molar-refractivity contribution >= 4 is 35.6 Å². The van der Waals surface area contributed by atoms with Crippen LogP contribution in [-0.2, 0) is 22.6 Å². The number of rotatable bonds is 8. The Morgan fingerprint density at radius 1 is 1.32 bits per heavy atom. The van der Waals surface area contributed by atoms with Gasteiger partial charge in [-0.25, -0.2) is 0 Å². The third kappa shape index (κ3) is 7.32. The third-order valence-electron chi connectivity index (χ3n) is 4.46. The molecule has 1 amide bonds. The number of likely N-dealkylation sites (tertiary alicyclic amines) is 1. The van der Waals surface area contributed by atoms with E-state index in [-0.39, 0.29) is 24.9 Å².